The predicted octanol–water partition coefficient (Wildman–Crippen LogP) is 5.58. The first-order valence-corrected chi connectivity index (χ1v) is 11.7. The zero-order chi connectivity index (χ0) is 15.2. The average Bonchev–Trinajstić information content (AvgIpc) is 2.53. The predicted molar refractivity (Wildman–Crippen MR) is 93.1 cm³/mol. The van der Waals surface area contributed by atoms with Gasteiger partial charge in [0.1, 0.15) is 0 Å². The van der Waals surface area contributed by atoms with Crippen LogP contribution in [0.4, 0.5) is 0 Å². The zero-order valence-electron chi connectivity index (χ0n) is 14.6. The molecule has 1 unspecified atom stereocenters. The van der Waals surface area contributed by atoms with E-state index < -0.39 is 14.5 Å². The van der Waals surface area contributed by atoms with Crippen molar-refractivity contribution in [2.45, 2.75) is 88.6 Å². The summed E-state index contributed by atoms with van der Waals surface area (Å²) in [5, 5.41) is 2.80. The minimum absolute atomic E-state index is 0.681. The second kappa shape index (κ2) is 14.1. The first kappa shape index (κ1) is 19.5. The van der Waals surface area contributed by atoms with Gasteiger partial charge >= 0.3 is 14.5 Å². The molecule has 0 amide bonds. The summed E-state index contributed by atoms with van der Waals surface area (Å²) >= 11 is -0.946. The third kappa shape index (κ3) is 10.7. The Morgan fingerprint density at radius 1 is 0.952 bits per heavy atom. The van der Waals surface area contributed by atoms with Crippen molar-refractivity contribution in [3.05, 3.63) is 0 Å². The first-order valence-electron chi connectivity index (χ1n) is 9.56. The Labute approximate surface area is 137 Å². The van der Waals surface area contributed by atoms with Crippen LogP contribution in [-0.2, 0) is 8.53 Å². The van der Waals surface area contributed by atoms with E-state index in [-0.39, 0.29) is 0 Å². The van der Waals surface area contributed by atoms with Crippen molar-refractivity contribution in [1.82, 2.24) is 0 Å². The molecule has 1 heterocycles. The fourth-order valence-corrected chi connectivity index (χ4v) is 5.77. The Bertz CT molecular complexity index is 205. The molecule has 1 atom stereocenters. The van der Waals surface area contributed by atoms with Gasteiger partial charge in [-0.3, -0.25) is 0 Å². The zero-order valence-corrected chi connectivity index (χ0v) is 15.7. The van der Waals surface area contributed by atoms with Gasteiger partial charge in [0.05, 0.1) is 6.61 Å². The van der Waals surface area contributed by atoms with E-state index in [1.54, 1.807) is 0 Å². The van der Waals surface area contributed by atoms with E-state index >= 15 is 0 Å². The molecule has 0 aromatic carbocycles. The van der Waals surface area contributed by atoms with Gasteiger partial charge in [-0.2, -0.15) is 0 Å². The largest absolute Gasteiger partial charge is 0.500 e. The van der Waals surface area contributed by atoms with Crippen LogP contribution < -0.4 is 0 Å². The summed E-state index contributed by atoms with van der Waals surface area (Å²) in [6.45, 7) is 7.47. The molecule has 0 bridgehead atoms. The molecule has 0 N–H and O–H groups in total. The Balaban J connectivity index is 2.17. The van der Waals surface area contributed by atoms with Gasteiger partial charge < -0.3 is 8.53 Å². The second-order valence-corrected chi connectivity index (χ2v) is 9.47. The Hall–Kier alpha value is 0.452. The summed E-state index contributed by atoms with van der Waals surface area (Å²) in [6, 6.07) is 0. The Morgan fingerprint density at radius 3 is 2.14 bits per heavy atom. The van der Waals surface area contributed by atoms with Gasteiger partial charge in [-0.15, -0.1) is 0 Å². The van der Waals surface area contributed by atoms with Crippen molar-refractivity contribution in [1.29, 1.82) is 0 Å². The summed E-state index contributed by atoms with van der Waals surface area (Å²) in [7, 11) is 0. The number of hydrogen-bond donors (Lipinski definition) is 0. The standard InChI is InChI=1S/C6H11O2.2C6H13.Al/c7-4-6-2-1-3-8-5-6;2*1-3-5-6-4-2;/h6H,1-5H2;2*1,3-6H2,2H3;/q-1;;;+1. The van der Waals surface area contributed by atoms with E-state index in [1.807, 2.05) is 0 Å². The molecule has 21 heavy (non-hydrogen) atoms. The highest BCUT2D eigenvalue weighted by Crippen LogP contribution is 2.18. The van der Waals surface area contributed by atoms with E-state index in [2.05, 4.69) is 13.8 Å². The lowest BCUT2D eigenvalue weighted by atomic mass is 10.0. The number of unbranched alkanes of at least 4 members (excludes halogenated alkanes) is 6. The van der Waals surface area contributed by atoms with E-state index in [1.165, 1.54) is 74.8 Å². The van der Waals surface area contributed by atoms with Gasteiger partial charge in [0.25, 0.3) is 0 Å². The molecule has 0 aliphatic carbocycles. The topological polar surface area (TPSA) is 18.5 Å². The molecule has 1 aliphatic rings. The van der Waals surface area contributed by atoms with Gasteiger partial charge in [-0.1, -0.05) is 75.8 Å². The maximum atomic E-state index is 6.40. The highest BCUT2D eigenvalue weighted by molar-refractivity contribution is 6.51. The summed E-state index contributed by atoms with van der Waals surface area (Å²) in [5.41, 5.74) is 0. The summed E-state index contributed by atoms with van der Waals surface area (Å²) in [4.78, 5) is 0. The summed E-state index contributed by atoms with van der Waals surface area (Å²) < 4.78 is 12.0. The molecule has 1 saturated heterocycles. The minimum atomic E-state index is -0.946. The van der Waals surface area contributed by atoms with Crippen LogP contribution in [0, 0.1) is 5.92 Å². The maximum Gasteiger partial charge on any atom is 0.460 e. The van der Waals surface area contributed by atoms with Crippen LogP contribution in [0.1, 0.15) is 78.1 Å². The van der Waals surface area contributed by atoms with E-state index in [0.29, 0.717) is 5.92 Å². The minimum Gasteiger partial charge on any atom is -0.500 e. The Morgan fingerprint density at radius 2 is 1.62 bits per heavy atom. The van der Waals surface area contributed by atoms with Crippen LogP contribution in [0.15, 0.2) is 0 Å². The molecule has 1 aliphatic heterocycles. The average molecular weight is 312 g/mol. The normalized spacial score (nSPS) is 18.9. The van der Waals surface area contributed by atoms with Crippen molar-refractivity contribution in [2.75, 3.05) is 19.8 Å². The summed E-state index contributed by atoms with van der Waals surface area (Å²) in [6.07, 6.45) is 13.6. The third-order valence-corrected chi connectivity index (χ3v) is 7.35. The van der Waals surface area contributed by atoms with Gasteiger partial charge in [-0.25, -0.2) is 0 Å². The highest BCUT2D eigenvalue weighted by atomic mass is 27.2. The molecule has 0 saturated carbocycles. The molecule has 1 rings (SSSR count). The molecular weight excluding hydrogens is 275 g/mol. The SMILES string of the molecule is CCCCC[CH2][Al]([CH2]CCCCC)[O]CC1CCCOC1. The quantitative estimate of drug-likeness (QED) is 0.326. The van der Waals surface area contributed by atoms with Crippen molar-refractivity contribution in [2.24, 2.45) is 5.92 Å². The Kier molecular flexibility index (Phi) is 13.1. The van der Waals surface area contributed by atoms with Crippen LogP contribution in [0.5, 0.6) is 0 Å². The molecule has 0 radical (unpaired) electrons. The molecule has 124 valence electrons. The van der Waals surface area contributed by atoms with E-state index in [0.717, 1.165) is 19.8 Å². The van der Waals surface area contributed by atoms with Crippen LogP contribution >= 0.6 is 0 Å². The molecular formula is C18H37AlO2. The number of hydrogen-bond acceptors (Lipinski definition) is 2. The smallest absolute Gasteiger partial charge is 0.460 e. The van der Waals surface area contributed by atoms with Crippen molar-refractivity contribution in [3.8, 4) is 0 Å². The van der Waals surface area contributed by atoms with E-state index in [9.17, 15) is 0 Å². The first-order chi connectivity index (χ1) is 10.4. The monoisotopic (exact) mass is 312 g/mol. The molecule has 2 nitrogen and oxygen atoms in total. The van der Waals surface area contributed by atoms with Gasteiger partial charge in [0.15, 0.2) is 0 Å². The molecule has 0 aromatic heterocycles. The fraction of sp³-hybridized carbons (Fsp3) is 1.00. The van der Waals surface area contributed by atoms with Gasteiger partial charge in [-0.05, 0) is 12.8 Å². The second-order valence-electron chi connectivity index (χ2n) is 6.74. The molecule has 0 spiro atoms. The lowest BCUT2D eigenvalue weighted by molar-refractivity contribution is 0.0345. The van der Waals surface area contributed by atoms with E-state index in [4.69, 9.17) is 8.53 Å². The van der Waals surface area contributed by atoms with Crippen molar-refractivity contribution >= 4 is 14.5 Å². The summed E-state index contributed by atoms with van der Waals surface area (Å²) in [5.74, 6) is 0.681. The molecule has 1 fully saturated rings. The maximum absolute atomic E-state index is 6.40. The van der Waals surface area contributed by atoms with Crippen molar-refractivity contribution in [3.63, 3.8) is 0 Å². The fourth-order valence-electron chi connectivity index (χ4n) is 3.12. The number of rotatable bonds is 13. The third-order valence-electron chi connectivity index (χ3n) is 4.58. The van der Waals surface area contributed by atoms with Gasteiger partial charge in [0.2, 0.25) is 0 Å². The van der Waals surface area contributed by atoms with Crippen LogP contribution in [-0.4, -0.2) is 34.3 Å². The highest BCUT2D eigenvalue weighted by Gasteiger charge is 2.22. The van der Waals surface area contributed by atoms with Crippen LogP contribution in [0.3, 0.4) is 0 Å². The van der Waals surface area contributed by atoms with Crippen LogP contribution in [0.2, 0.25) is 10.6 Å². The molecule has 3 heteroatoms. The number of ether oxygens (including phenoxy) is 1. The molecule has 0 aromatic rings. The van der Waals surface area contributed by atoms with Crippen LogP contribution in [0.25, 0.3) is 0 Å². The lowest BCUT2D eigenvalue weighted by Crippen LogP contribution is -2.27. The van der Waals surface area contributed by atoms with Crippen molar-refractivity contribution < 1.29 is 8.53 Å². The lowest BCUT2D eigenvalue weighted by Gasteiger charge is -2.24. The van der Waals surface area contributed by atoms with Gasteiger partial charge in [0, 0.05) is 19.1 Å².